The zero-order chi connectivity index (χ0) is 21.4. The van der Waals surface area contributed by atoms with E-state index in [1.54, 1.807) is 46.4 Å². The highest BCUT2D eigenvalue weighted by atomic mass is 16.3. The van der Waals surface area contributed by atoms with Crippen LogP contribution in [-0.4, -0.2) is 48.4 Å². The van der Waals surface area contributed by atoms with Gasteiger partial charge < -0.3 is 15.8 Å². The lowest BCUT2D eigenvalue weighted by Gasteiger charge is -2.09. The number of allylic oxidation sites excluding steroid dienone is 1. The summed E-state index contributed by atoms with van der Waals surface area (Å²) in [4.78, 5) is 17.6. The van der Waals surface area contributed by atoms with Gasteiger partial charge in [-0.05, 0) is 24.6 Å². The summed E-state index contributed by atoms with van der Waals surface area (Å²) in [5, 5.41) is 24.2. The summed E-state index contributed by atoms with van der Waals surface area (Å²) in [7, 11) is 3.57. The van der Waals surface area contributed by atoms with Crippen molar-refractivity contribution in [1.29, 1.82) is 5.41 Å². The third-order valence-electron chi connectivity index (χ3n) is 5.13. The van der Waals surface area contributed by atoms with Crippen LogP contribution in [0.4, 0.5) is 0 Å². The van der Waals surface area contributed by atoms with Crippen molar-refractivity contribution >= 4 is 33.3 Å². The van der Waals surface area contributed by atoms with E-state index in [0.717, 1.165) is 27.5 Å². The zero-order valence-corrected chi connectivity index (χ0v) is 17.1. The first-order valence-electron chi connectivity index (χ1n) is 9.65. The Balaban J connectivity index is 2.04. The van der Waals surface area contributed by atoms with E-state index in [4.69, 9.17) is 10.5 Å². The lowest BCUT2D eigenvalue weighted by molar-refractivity contribution is -0.555. The van der Waals surface area contributed by atoms with Crippen molar-refractivity contribution in [2.24, 2.45) is 7.05 Å². The van der Waals surface area contributed by atoms with Crippen LogP contribution in [-0.2, 0) is 13.6 Å². The summed E-state index contributed by atoms with van der Waals surface area (Å²) in [5.41, 5.74) is 4.63. The largest absolute Gasteiger partial charge is 0.394 e. The number of rotatable bonds is 6. The molecule has 9 nitrogen and oxygen atoms in total. The Morgan fingerprint density at radius 1 is 1.30 bits per heavy atom. The van der Waals surface area contributed by atoms with E-state index in [-0.39, 0.29) is 12.3 Å². The van der Waals surface area contributed by atoms with Crippen LogP contribution in [0.5, 0.6) is 0 Å². The van der Waals surface area contributed by atoms with Gasteiger partial charge in [0, 0.05) is 24.2 Å². The summed E-state index contributed by atoms with van der Waals surface area (Å²) in [6, 6.07) is 5.88. The van der Waals surface area contributed by atoms with E-state index in [1.807, 2.05) is 36.8 Å². The van der Waals surface area contributed by atoms with Gasteiger partial charge in [0.15, 0.2) is 0 Å². The molecule has 0 aliphatic carbocycles. The highest BCUT2D eigenvalue weighted by Crippen LogP contribution is 2.29. The van der Waals surface area contributed by atoms with Crippen LogP contribution in [0.2, 0.25) is 0 Å². The van der Waals surface area contributed by atoms with E-state index < -0.39 is 0 Å². The Labute approximate surface area is 172 Å². The van der Waals surface area contributed by atoms with Crippen LogP contribution in [0.15, 0.2) is 47.8 Å². The van der Waals surface area contributed by atoms with E-state index in [2.05, 4.69) is 10.1 Å². The van der Waals surface area contributed by atoms with Crippen molar-refractivity contribution in [1.82, 2.24) is 23.9 Å². The van der Waals surface area contributed by atoms with Gasteiger partial charge in [0.05, 0.1) is 54.9 Å². The fourth-order valence-corrected chi connectivity index (χ4v) is 3.66. The Kier molecular flexibility index (Phi) is 5.06. The molecule has 0 fully saturated rings. The second kappa shape index (κ2) is 7.69. The molecular formula is C21H24N7O2+. The van der Waals surface area contributed by atoms with Crippen molar-refractivity contribution in [2.75, 3.05) is 13.7 Å². The molecule has 0 unspecified atom stereocenters. The predicted molar refractivity (Wildman–Crippen MR) is 116 cm³/mol. The number of nitrogens with one attached hydrogen (secondary N) is 1. The first-order valence-corrected chi connectivity index (χ1v) is 9.65. The molecule has 0 aliphatic heterocycles. The molecule has 1 aromatic carbocycles. The normalized spacial score (nSPS) is 12.2. The van der Waals surface area contributed by atoms with Gasteiger partial charge in [-0.15, -0.1) is 0 Å². The second-order valence-corrected chi connectivity index (χ2v) is 7.13. The average molecular weight is 406 g/mol. The molecule has 0 amide bonds. The number of nitrogens with zero attached hydrogens (tertiary/aromatic N) is 5. The molecule has 4 N–H and O–H groups in total. The number of benzene rings is 1. The van der Waals surface area contributed by atoms with Crippen LogP contribution in [0.1, 0.15) is 6.92 Å². The minimum Gasteiger partial charge on any atom is -0.394 e. The fourth-order valence-electron chi connectivity index (χ4n) is 3.66. The van der Waals surface area contributed by atoms with Crippen molar-refractivity contribution in [3.05, 3.63) is 53.5 Å². The molecule has 0 atom stereocenters. The Bertz CT molecular complexity index is 1360. The van der Waals surface area contributed by atoms with Gasteiger partial charge in [0.2, 0.25) is 0 Å². The van der Waals surface area contributed by atoms with Gasteiger partial charge in [0.25, 0.3) is 0 Å². The second-order valence-electron chi connectivity index (χ2n) is 7.13. The molecule has 154 valence electrons. The Hall–Kier alpha value is -3.56. The summed E-state index contributed by atoms with van der Waals surface area (Å²) in [6.45, 7) is 2.12. The number of aliphatic hydroxyl groups excluding tert-OH is 1. The molecular weight excluding hydrogens is 382 g/mol. The number of aryl methyl sites for hydroxylation is 1. The van der Waals surface area contributed by atoms with Crippen molar-refractivity contribution in [3.63, 3.8) is 0 Å². The molecule has 30 heavy (non-hydrogen) atoms. The molecule has 3 heterocycles. The minimum atomic E-state index is -0.222. The molecule has 9 heteroatoms. The molecule has 3 aromatic heterocycles. The molecule has 0 saturated carbocycles. The van der Waals surface area contributed by atoms with Crippen LogP contribution < -0.4 is 11.0 Å². The van der Waals surface area contributed by atoms with Crippen LogP contribution >= 0.6 is 0 Å². The number of quaternary nitrogens is 1. The molecule has 0 saturated heterocycles. The molecule has 4 aromatic rings. The van der Waals surface area contributed by atoms with Crippen LogP contribution in [0.3, 0.4) is 0 Å². The lowest BCUT2D eigenvalue weighted by Crippen LogP contribution is -2.73. The summed E-state index contributed by atoms with van der Waals surface area (Å²) in [6.07, 6.45) is 7.10. The van der Waals surface area contributed by atoms with E-state index in [0.29, 0.717) is 23.5 Å². The molecule has 0 radical (unpaired) electrons. The fraction of sp³-hybridized carbons (Fsp3) is 0.238. The zero-order valence-electron chi connectivity index (χ0n) is 17.1. The standard InChI is InChI=1S/C21H23N7O2/c1-13(22)18(10-23-2)28-20-16-8-14(15-9-25-27(12-15)6-7-29)4-5-17(16)24-11-19(20)26(3)21(28)30/h4-5,8-12,22-23,29H,6-7H2,1-3H3/p+1. The number of fused-ring (bicyclic) bond motifs is 3. The Morgan fingerprint density at radius 2 is 2.10 bits per heavy atom. The third-order valence-corrected chi connectivity index (χ3v) is 5.13. The number of aromatic nitrogens is 5. The average Bonchev–Trinajstić information content (AvgIpc) is 3.30. The quantitative estimate of drug-likeness (QED) is 0.410. The van der Waals surface area contributed by atoms with Gasteiger partial charge in [-0.2, -0.15) is 5.10 Å². The smallest absolute Gasteiger partial charge is 0.333 e. The Morgan fingerprint density at radius 3 is 2.80 bits per heavy atom. The number of nitrogens with two attached hydrogens (primary N) is 1. The van der Waals surface area contributed by atoms with E-state index in [1.165, 1.54) is 0 Å². The van der Waals surface area contributed by atoms with E-state index >= 15 is 0 Å². The van der Waals surface area contributed by atoms with E-state index in [9.17, 15) is 4.79 Å². The van der Waals surface area contributed by atoms with Crippen LogP contribution in [0.25, 0.3) is 38.8 Å². The molecule has 4 rings (SSSR count). The minimum absolute atomic E-state index is 0.0200. The number of imidazole rings is 1. The monoisotopic (exact) mass is 406 g/mol. The van der Waals surface area contributed by atoms with Crippen molar-refractivity contribution in [3.8, 4) is 11.1 Å². The van der Waals surface area contributed by atoms with Crippen molar-refractivity contribution < 1.29 is 10.4 Å². The summed E-state index contributed by atoms with van der Waals surface area (Å²) < 4.78 is 4.83. The summed E-state index contributed by atoms with van der Waals surface area (Å²) in [5.74, 6) is 0. The first kappa shape index (κ1) is 19.7. The first-order chi connectivity index (χ1) is 14.5. The van der Waals surface area contributed by atoms with Crippen LogP contribution in [0, 0.1) is 5.41 Å². The van der Waals surface area contributed by atoms with Gasteiger partial charge >= 0.3 is 5.69 Å². The lowest BCUT2D eigenvalue weighted by atomic mass is 10.1. The number of hydrogen-bond donors (Lipinski definition) is 3. The molecule has 0 bridgehead atoms. The predicted octanol–water partition coefficient (Wildman–Crippen LogP) is 0.775. The number of aliphatic hydroxyl groups is 1. The van der Waals surface area contributed by atoms with Crippen molar-refractivity contribution in [2.45, 2.75) is 13.5 Å². The van der Waals surface area contributed by atoms with Gasteiger partial charge in [-0.25, -0.2) is 4.79 Å². The molecule has 0 aliphatic rings. The number of pyridine rings is 1. The third kappa shape index (κ3) is 3.14. The van der Waals surface area contributed by atoms with Gasteiger partial charge in [0.1, 0.15) is 11.9 Å². The highest BCUT2D eigenvalue weighted by molar-refractivity contribution is 6.18. The maximum atomic E-state index is 13.1. The maximum absolute atomic E-state index is 13.1. The summed E-state index contributed by atoms with van der Waals surface area (Å²) >= 11 is 0. The SMILES string of the molecule is C[NH2+]C=C(C(C)=N)n1c(=O)n(C)c2cnc3ccc(-c4cnn(CCO)c4)cc3c21. The van der Waals surface area contributed by atoms with Gasteiger partial charge in [-0.3, -0.25) is 18.8 Å². The van der Waals surface area contributed by atoms with Gasteiger partial charge in [-0.1, -0.05) is 6.07 Å². The molecule has 0 spiro atoms. The highest BCUT2D eigenvalue weighted by Gasteiger charge is 2.20. The number of hydrogen-bond acceptors (Lipinski definition) is 5. The topological polar surface area (TPSA) is 118 Å². The maximum Gasteiger partial charge on any atom is 0.333 e.